The maximum atomic E-state index is 3.36. The molecule has 4 aromatic rings. The molecule has 0 bridgehead atoms. The Morgan fingerprint density at radius 3 is 1.94 bits per heavy atom. The minimum atomic E-state index is 0. The van der Waals surface area contributed by atoms with Crippen LogP contribution < -0.4 is 0 Å². The van der Waals surface area contributed by atoms with Crippen molar-refractivity contribution in [2.75, 3.05) is 0 Å². The van der Waals surface area contributed by atoms with E-state index in [1.807, 2.05) is 0 Å². The van der Waals surface area contributed by atoms with Crippen molar-refractivity contribution >= 4 is 17.7 Å². The van der Waals surface area contributed by atoms with Crippen molar-refractivity contribution in [3.8, 4) is 22.3 Å². The first-order valence-electron chi connectivity index (χ1n) is 10.9. The molecule has 1 aliphatic carbocycles. The first-order valence-corrected chi connectivity index (χ1v) is 15.1. The van der Waals surface area contributed by atoms with Gasteiger partial charge in [-0.05, 0) is 11.1 Å². The Labute approximate surface area is 224 Å². The molecule has 0 fully saturated rings. The smallest absolute Gasteiger partial charge is 0.0184 e. The zero-order chi connectivity index (χ0) is 23.1. The van der Waals surface area contributed by atoms with Crippen LogP contribution in [0.15, 0.2) is 108 Å². The van der Waals surface area contributed by atoms with E-state index in [1.165, 1.54) is 73.1 Å². The molecule has 4 aromatic carbocycles. The Morgan fingerprint density at radius 2 is 1.35 bits per heavy atom. The van der Waals surface area contributed by atoms with E-state index in [9.17, 15) is 0 Å². The van der Waals surface area contributed by atoms with Crippen LogP contribution in [0.2, 0.25) is 0 Å². The van der Waals surface area contributed by atoms with Gasteiger partial charge < -0.3 is 14.9 Å². The van der Waals surface area contributed by atoms with E-state index < -0.39 is 0 Å². The summed E-state index contributed by atoms with van der Waals surface area (Å²) in [7, 11) is 0. The Balaban J connectivity index is 0.000000380. The molecule has 0 aliphatic heterocycles. The zero-order valence-corrected chi connectivity index (χ0v) is 24.7. The van der Waals surface area contributed by atoms with Crippen LogP contribution in [-0.2, 0) is 23.3 Å². The quantitative estimate of drug-likeness (QED) is 0.177. The van der Waals surface area contributed by atoms with Crippen LogP contribution in [0.1, 0.15) is 27.7 Å². The monoisotopic (exact) mass is 536 g/mol. The molecule has 1 aliphatic rings. The molecule has 2 radical (unpaired) electrons. The second-order valence-corrected chi connectivity index (χ2v) is 8.08. The fourth-order valence-electron chi connectivity index (χ4n) is 4.06. The first kappa shape index (κ1) is 29.9. The third kappa shape index (κ3) is 6.94. The van der Waals surface area contributed by atoms with Gasteiger partial charge in [-0.25, -0.2) is 5.57 Å². The largest absolute Gasteiger partial charge is 0.150 e. The van der Waals surface area contributed by atoms with Crippen LogP contribution in [0.25, 0.3) is 33.0 Å². The molecule has 0 N–H and O–H groups in total. The molecule has 0 saturated carbocycles. The summed E-state index contributed by atoms with van der Waals surface area (Å²) in [6.45, 7) is 11.7. The van der Waals surface area contributed by atoms with E-state index in [4.69, 9.17) is 0 Å². The van der Waals surface area contributed by atoms with E-state index >= 15 is 0 Å². The fraction of sp³-hybridized carbons (Fsp3) is 0.156. The van der Waals surface area contributed by atoms with Crippen molar-refractivity contribution < 1.29 is 23.3 Å². The van der Waals surface area contributed by atoms with Gasteiger partial charge in [0, 0.05) is 0 Å². The molecule has 174 valence electrons. The summed E-state index contributed by atoms with van der Waals surface area (Å²) in [6.07, 6.45) is 3.36. The van der Waals surface area contributed by atoms with Gasteiger partial charge >= 0.3 is 30.2 Å². The Morgan fingerprint density at radius 1 is 0.765 bits per heavy atom. The van der Waals surface area contributed by atoms with Gasteiger partial charge in [0.05, 0.1) is 0 Å². The Hall–Kier alpha value is -2.15. The number of hydrogen-bond acceptors (Lipinski definition) is 0. The molecule has 34 heavy (non-hydrogen) atoms. The molecule has 0 amide bonds. The van der Waals surface area contributed by atoms with Gasteiger partial charge in [-0.15, -0.1) is 53.6 Å². The number of allylic oxidation sites excluding steroid dienone is 4. The van der Waals surface area contributed by atoms with Gasteiger partial charge in [0.1, 0.15) is 0 Å². The predicted octanol–water partition coefficient (Wildman–Crippen LogP) is 9.13. The normalized spacial score (nSPS) is 14.0. The molecule has 0 saturated heterocycles. The third-order valence-corrected chi connectivity index (χ3v) is 6.20. The standard InChI is InChI=1S/C21H15.C9H13.2CH3.Si.Zr/c1-2-7-16(8-3-1)18-10-6-11-19(15-18)21-14-13-17-9-4-5-12-20(17)21;1-6-5-7(2)9(4)8(6)3;;;;/h1-15H;6H,1-4H3;2*1H3;;/q4*-1;;. The Bertz CT molecular complexity index is 1240. The summed E-state index contributed by atoms with van der Waals surface area (Å²) < 4.78 is 0. The van der Waals surface area contributed by atoms with Crippen LogP contribution in [0.5, 0.6) is 0 Å². The average molecular weight is 538 g/mol. The van der Waals surface area contributed by atoms with Crippen LogP contribution in [0, 0.1) is 26.8 Å². The van der Waals surface area contributed by atoms with Crippen molar-refractivity contribution in [2.24, 2.45) is 5.92 Å². The number of hydrogen-bond donors (Lipinski definition) is 0. The van der Waals surface area contributed by atoms with Gasteiger partial charge in [0.15, 0.2) is 0 Å². The van der Waals surface area contributed by atoms with Crippen molar-refractivity contribution in [3.63, 3.8) is 0 Å². The molecule has 1 unspecified atom stereocenters. The molecular formula is C32H34SiZr-4. The summed E-state index contributed by atoms with van der Waals surface area (Å²) in [5.74, 6) is 0.560. The number of benzene rings is 3. The molecule has 2 heteroatoms. The van der Waals surface area contributed by atoms with E-state index in [-0.39, 0.29) is 14.9 Å². The second-order valence-electron chi connectivity index (χ2n) is 8.08. The fourth-order valence-corrected chi connectivity index (χ4v) is 4.06. The first-order chi connectivity index (χ1) is 15.5. The van der Waals surface area contributed by atoms with E-state index in [2.05, 4.69) is 132 Å². The summed E-state index contributed by atoms with van der Waals surface area (Å²) in [5, 5.41) is 2.63. The molecule has 0 spiro atoms. The maximum absolute atomic E-state index is 3.36. The summed E-state index contributed by atoms with van der Waals surface area (Å²) in [4.78, 5) is 0. The molecule has 0 aromatic heterocycles. The van der Waals surface area contributed by atoms with E-state index in [1.54, 1.807) is 0 Å². The zero-order valence-electron chi connectivity index (χ0n) is 21.2. The summed E-state index contributed by atoms with van der Waals surface area (Å²) in [6, 6.07) is 32.3. The van der Waals surface area contributed by atoms with Gasteiger partial charge in [-0.3, -0.25) is 6.08 Å². The van der Waals surface area contributed by atoms with E-state index in [0.717, 1.165) is 0 Å². The summed E-state index contributed by atoms with van der Waals surface area (Å²) in [5.41, 5.74) is 9.35. The Kier molecular flexibility index (Phi) is 12.6. The topological polar surface area (TPSA) is 0 Å². The maximum Gasteiger partial charge on any atom is -0.0184 e. The van der Waals surface area contributed by atoms with E-state index in [0.29, 0.717) is 5.92 Å². The van der Waals surface area contributed by atoms with Gasteiger partial charge in [0.25, 0.3) is 0 Å². The average Bonchev–Trinajstić information content (AvgIpc) is 3.38. The van der Waals surface area contributed by atoms with Gasteiger partial charge in [-0.1, -0.05) is 92.9 Å². The molecular weight excluding hydrogens is 504 g/mol. The summed E-state index contributed by atoms with van der Waals surface area (Å²) >= 11 is 1.36. The van der Waals surface area contributed by atoms with Crippen molar-refractivity contribution in [2.45, 2.75) is 27.7 Å². The number of rotatable bonds is 2. The third-order valence-electron chi connectivity index (χ3n) is 6.20. The van der Waals surface area contributed by atoms with Crippen LogP contribution in [0.4, 0.5) is 0 Å². The molecule has 1 atom stereocenters. The number of fused-ring (bicyclic) bond motifs is 1. The van der Waals surface area contributed by atoms with Crippen LogP contribution >= 0.6 is 0 Å². The van der Waals surface area contributed by atoms with Crippen molar-refractivity contribution in [1.29, 1.82) is 0 Å². The van der Waals surface area contributed by atoms with Crippen molar-refractivity contribution in [3.05, 3.63) is 129 Å². The van der Waals surface area contributed by atoms with Gasteiger partial charge in [-0.2, -0.15) is 11.1 Å². The SMILES string of the molecule is CC1=[C-]C(C)C(C)=C1C.[CH3-].[CH3-].[Si]=[Zr].c1ccc(-c2cccc(-c3c[cH-]c4ccccc34)c2)cc1. The predicted molar refractivity (Wildman–Crippen MR) is 149 cm³/mol. The minimum Gasteiger partial charge on any atom is -0.150 e. The van der Waals surface area contributed by atoms with Gasteiger partial charge in [0.2, 0.25) is 0 Å². The molecule has 5 rings (SSSR count). The van der Waals surface area contributed by atoms with Crippen LogP contribution in [0.3, 0.4) is 0 Å². The minimum absolute atomic E-state index is 0. The second kappa shape index (κ2) is 14.3. The molecule has 0 heterocycles. The molecule has 0 nitrogen and oxygen atoms in total. The van der Waals surface area contributed by atoms with Crippen molar-refractivity contribution in [1.82, 2.24) is 0 Å². The van der Waals surface area contributed by atoms with Crippen LogP contribution in [-0.4, -0.2) is 6.88 Å².